The number of hydrogen-bond acceptors (Lipinski definition) is 5. The van der Waals surface area contributed by atoms with Crippen molar-refractivity contribution in [3.63, 3.8) is 0 Å². The summed E-state index contributed by atoms with van der Waals surface area (Å²) in [7, 11) is 10.3. The molecule has 1 aromatic heterocycles. The maximum Gasteiger partial charge on any atom is 0.430 e. The minimum Gasteiger partial charge on any atom is -0.542 e. The molecule has 0 fully saturated rings. The van der Waals surface area contributed by atoms with Crippen LogP contribution in [-0.4, -0.2) is 64.0 Å². The average Bonchev–Trinajstić information content (AvgIpc) is 2.69. The normalized spacial score (nSPS) is 11.4. The maximum atomic E-state index is 14.1. The first kappa shape index (κ1) is 32.6. The highest BCUT2D eigenvalue weighted by molar-refractivity contribution is 5.71. The second-order valence-electron chi connectivity index (χ2n) is 8.57. The molecule has 1 aromatic carbocycles. The summed E-state index contributed by atoms with van der Waals surface area (Å²) < 4.78 is 79.8. The number of carbonyl (C=O) groups excluding carboxylic acids is 2. The molecular weight excluding hydrogens is 503 g/mol. The second kappa shape index (κ2) is 13.0. The van der Waals surface area contributed by atoms with Gasteiger partial charge < -0.3 is 29.2 Å². The predicted molar refractivity (Wildman–Crippen MR) is 110 cm³/mol. The average molecular weight is 529 g/mol. The third kappa shape index (κ3) is 13.5. The Kier molecular flexibility index (Phi) is 11.8. The minimum absolute atomic E-state index is 0.221. The molecular formula is C22H26F7N3O4. The molecule has 0 bridgehead atoms. The molecule has 0 aliphatic heterocycles. The fourth-order valence-electron chi connectivity index (χ4n) is 2.39. The van der Waals surface area contributed by atoms with Crippen LogP contribution in [0.5, 0.6) is 0 Å². The molecule has 0 saturated carbocycles. The number of carboxylic acids is 2. The van der Waals surface area contributed by atoms with E-state index in [0.717, 1.165) is 22.3 Å². The summed E-state index contributed by atoms with van der Waals surface area (Å²) in [5.41, 5.74) is 3.27. The quantitative estimate of drug-likeness (QED) is 0.250. The summed E-state index contributed by atoms with van der Waals surface area (Å²) >= 11 is 0. The molecule has 0 saturated heterocycles. The van der Waals surface area contributed by atoms with Crippen molar-refractivity contribution in [1.29, 1.82) is 0 Å². The van der Waals surface area contributed by atoms with Crippen LogP contribution in [0.4, 0.5) is 36.4 Å². The number of halogens is 7. The SMILES string of the molecule is CN(C)c1cc[n+](Cc2ccc(C[N+](C)(C)C)cc2)c(F)c1.O=C([O-])C(F)(F)F.O=C([O-])C(F)(F)F. The fraction of sp³-hybridized carbons (Fsp3) is 0.409. The van der Waals surface area contributed by atoms with Crippen molar-refractivity contribution in [2.75, 3.05) is 40.1 Å². The number of anilines is 1. The molecule has 0 unspecified atom stereocenters. The van der Waals surface area contributed by atoms with Gasteiger partial charge in [-0.25, -0.2) is 0 Å². The van der Waals surface area contributed by atoms with Crippen molar-refractivity contribution >= 4 is 17.6 Å². The van der Waals surface area contributed by atoms with Crippen LogP contribution in [0, 0.1) is 5.95 Å². The molecule has 7 nitrogen and oxygen atoms in total. The Hall–Kier alpha value is -3.42. The van der Waals surface area contributed by atoms with E-state index in [2.05, 4.69) is 45.4 Å². The van der Waals surface area contributed by atoms with Gasteiger partial charge in [0.25, 0.3) is 0 Å². The van der Waals surface area contributed by atoms with Gasteiger partial charge >= 0.3 is 18.3 Å². The van der Waals surface area contributed by atoms with Gasteiger partial charge in [-0.2, -0.15) is 30.9 Å². The lowest BCUT2D eigenvalue weighted by Crippen LogP contribution is -2.38. The number of carbonyl (C=O) groups is 2. The number of alkyl halides is 6. The van der Waals surface area contributed by atoms with Crippen LogP contribution >= 0.6 is 0 Å². The predicted octanol–water partition coefficient (Wildman–Crippen LogP) is 1.03. The molecule has 1 heterocycles. The summed E-state index contributed by atoms with van der Waals surface area (Å²) in [6, 6.07) is 11.9. The molecule has 2 rings (SSSR count). The molecule has 0 N–H and O–H groups in total. The van der Waals surface area contributed by atoms with Crippen LogP contribution in [0.2, 0.25) is 0 Å². The van der Waals surface area contributed by atoms with Crippen molar-refractivity contribution in [2.45, 2.75) is 25.4 Å². The van der Waals surface area contributed by atoms with Crippen LogP contribution in [0.25, 0.3) is 0 Å². The molecule has 0 aliphatic carbocycles. The Morgan fingerprint density at radius 1 is 0.861 bits per heavy atom. The lowest BCUT2D eigenvalue weighted by molar-refractivity contribution is -0.884. The van der Waals surface area contributed by atoms with Crippen LogP contribution in [0.15, 0.2) is 42.6 Å². The molecule has 0 spiro atoms. The van der Waals surface area contributed by atoms with Gasteiger partial charge in [0.2, 0.25) is 0 Å². The number of quaternary nitrogens is 1. The number of benzene rings is 1. The number of aliphatic carboxylic acids is 2. The molecule has 2 aromatic rings. The summed E-state index contributed by atoms with van der Waals surface area (Å²) in [5.74, 6) is -6.23. The molecule has 0 aliphatic rings. The molecule has 0 amide bonds. The van der Waals surface area contributed by atoms with Crippen LogP contribution in [-0.2, 0) is 22.7 Å². The number of carboxylic acid groups (broad SMARTS) is 2. The highest BCUT2D eigenvalue weighted by Crippen LogP contribution is 2.13. The Labute approximate surface area is 203 Å². The van der Waals surface area contributed by atoms with Gasteiger partial charge in [-0.15, -0.1) is 4.39 Å². The topological polar surface area (TPSA) is 87.4 Å². The van der Waals surface area contributed by atoms with Crippen molar-refractivity contribution in [2.24, 2.45) is 0 Å². The standard InChI is InChI=1S/C18H26FN3.2C2HF3O2/c1-20(2)17-10-11-21(18(19)12-17)13-15-6-8-16(9-7-15)14-22(3,4)5;2*3-2(4,5)1(6)7/h6-12H,13-14H2,1-5H3;2*(H,6,7)/q+2;;/p-2. The smallest absolute Gasteiger partial charge is 0.430 e. The Balaban J connectivity index is 0.000000720. The van der Waals surface area contributed by atoms with Crippen molar-refractivity contribution in [3.05, 3.63) is 59.7 Å². The van der Waals surface area contributed by atoms with E-state index >= 15 is 0 Å². The van der Waals surface area contributed by atoms with Gasteiger partial charge in [-0.05, 0) is 0 Å². The monoisotopic (exact) mass is 529 g/mol. The summed E-state index contributed by atoms with van der Waals surface area (Å²) in [5, 5.41) is 17.6. The van der Waals surface area contributed by atoms with Gasteiger partial charge in [0, 0.05) is 31.3 Å². The van der Waals surface area contributed by atoms with Crippen molar-refractivity contribution < 1.29 is 59.6 Å². The van der Waals surface area contributed by atoms with E-state index < -0.39 is 24.3 Å². The maximum absolute atomic E-state index is 14.1. The first-order chi connectivity index (χ1) is 16.1. The van der Waals surface area contributed by atoms with E-state index in [0.29, 0.717) is 6.54 Å². The van der Waals surface area contributed by atoms with Crippen LogP contribution < -0.4 is 19.7 Å². The molecule has 202 valence electrons. The molecule has 36 heavy (non-hydrogen) atoms. The highest BCUT2D eigenvalue weighted by Gasteiger charge is 2.29. The Morgan fingerprint density at radius 2 is 1.25 bits per heavy atom. The zero-order valence-electron chi connectivity index (χ0n) is 20.1. The third-order valence-corrected chi connectivity index (χ3v) is 3.98. The number of pyridine rings is 1. The van der Waals surface area contributed by atoms with E-state index in [1.807, 2.05) is 25.1 Å². The minimum atomic E-state index is -5.19. The Bertz CT molecular complexity index is 977. The van der Waals surface area contributed by atoms with E-state index in [1.54, 1.807) is 16.8 Å². The van der Waals surface area contributed by atoms with Gasteiger partial charge in [0.05, 0.1) is 32.9 Å². The summed E-state index contributed by atoms with van der Waals surface area (Å²) in [6.45, 7) is 1.53. The number of rotatable bonds is 5. The van der Waals surface area contributed by atoms with Gasteiger partial charge in [-0.1, -0.05) is 24.3 Å². The third-order valence-electron chi connectivity index (χ3n) is 3.98. The lowest BCUT2D eigenvalue weighted by atomic mass is 10.1. The summed E-state index contributed by atoms with van der Waals surface area (Å²) in [4.78, 5) is 19.5. The van der Waals surface area contributed by atoms with Crippen LogP contribution in [0.3, 0.4) is 0 Å². The van der Waals surface area contributed by atoms with E-state index in [-0.39, 0.29) is 5.95 Å². The first-order valence-corrected chi connectivity index (χ1v) is 9.94. The Morgan fingerprint density at radius 3 is 1.56 bits per heavy atom. The van der Waals surface area contributed by atoms with Crippen molar-refractivity contribution in [3.8, 4) is 0 Å². The van der Waals surface area contributed by atoms with Crippen molar-refractivity contribution in [1.82, 2.24) is 0 Å². The molecule has 14 heteroatoms. The first-order valence-electron chi connectivity index (χ1n) is 9.94. The zero-order chi connectivity index (χ0) is 28.5. The number of nitrogens with zero attached hydrogens (tertiary/aromatic N) is 3. The fourth-order valence-corrected chi connectivity index (χ4v) is 2.39. The zero-order valence-corrected chi connectivity index (χ0v) is 20.1. The highest BCUT2D eigenvalue weighted by atomic mass is 19.4. The summed E-state index contributed by atoms with van der Waals surface area (Å²) in [6.07, 6.45) is -8.59. The molecule has 0 radical (unpaired) electrons. The number of hydrogen-bond donors (Lipinski definition) is 0. The number of aromatic nitrogens is 1. The second-order valence-corrected chi connectivity index (χ2v) is 8.57. The van der Waals surface area contributed by atoms with Gasteiger partial charge in [-0.3, -0.25) is 0 Å². The van der Waals surface area contributed by atoms with E-state index in [1.165, 1.54) is 5.56 Å². The van der Waals surface area contributed by atoms with Crippen LogP contribution in [0.1, 0.15) is 11.1 Å². The van der Waals surface area contributed by atoms with E-state index in [9.17, 15) is 30.7 Å². The van der Waals surface area contributed by atoms with Gasteiger partial charge in [0.1, 0.15) is 18.5 Å². The van der Waals surface area contributed by atoms with E-state index in [4.69, 9.17) is 19.8 Å². The molecule has 0 atom stereocenters. The lowest BCUT2D eigenvalue weighted by Gasteiger charge is -2.23. The largest absolute Gasteiger partial charge is 0.542 e. The van der Waals surface area contributed by atoms with Gasteiger partial charge in [0.15, 0.2) is 12.7 Å².